The van der Waals surface area contributed by atoms with Gasteiger partial charge < -0.3 is 10.2 Å². The Balaban J connectivity index is 1.16. The van der Waals surface area contributed by atoms with Crippen molar-refractivity contribution in [3.05, 3.63) is 238 Å². The van der Waals surface area contributed by atoms with Crippen LogP contribution < -0.4 is 10.2 Å². The van der Waals surface area contributed by atoms with Crippen molar-refractivity contribution >= 4 is 44.2 Å². The molecular weight excluding hydrogens is 759 g/mol. The van der Waals surface area contributed by atoms with Gasteiger partial charge in [-0.05, 0) is 110 Å². The van der Waals surface area contributed by atoms with E-state index in [4.69, 9.17) is 0 Å². The minimum atomic E-state index is -0.346. The van der Waals surface area contributed by atoms with E-state index in [1.165, 1.54) is 55.2 Å². The molecule has 7 aromatic carbocycles. The smallest absolute Gasteiger partial charge is 0.269 e. The topological polar surface area (TPSA) is 58.4 Å². The van der Waals surface area contributed by atoms with Crippen molar-refractivity contribution in [3.63, 3.8) is 0 Å². The van der Waals surface area contributed by atoms with Gasteiger partial charge in [0.25, 0.3) is 5.69 Å². The molecule has 310 valence electrons. The van der Waals surface area contributed by atoms with Crippen LogP contribution in [0.15, 0.2) is 200 Å². The van der Waals surface area contributed by atoms with Crippen LogP contribution in [0.2, 0.25) is 0 Å². The maximum Gasteiger partial charge on any atom is 0.269 e. The summed E-state index contributed by atoms with van der Waals surface area (Å²) in [4.78, 5) is 13.8. The van der Waals surface area contributed by atoms with Crippen LogP contribution in [0.1, 0.15) is 68.9 Å². The summed E-state index contributed by atoms with van der Waals surface area (Å²) in [6.45, 7) is 13.1. The van der Waals surface area contributed by atoms with Gasteiger partial charge in [0.2, 0.25) is 0 Å². The van der Waals surface area contributed by atoms with Gasteiger partial charge in [0, 0.05) is 47.7 Å². The number of nitro groups is 1. The number of nitro benzene ring substituents is 1. The molecule has 0 amide bonds. The first-order valence-electron chi connectivity index (χ1n) is 21.7. The summed E-state index contributed by atoms with van der Waals surface area (Å²) in [7, 11) is 0. The number of fused-ring (bicyclic) bond motifs is 4. The minimum absolute atomic E-state index is 0.0723. The largest absolute Gasteiger partial charge is 0.381 e. The molecule has 1 heterocycles. The molecule has 0 radical (unpaired) electrons. The summed E-state index contributed by atoms with van der Waals surface area (Å²) in [6, 6.07) is 54.4. The maximum atomic E-state index is 11.7. The molecule has 0 aromatic heterocycles. The van der Waals surface area contributed by atoms with Crippen molar-refractivity contribution in [2.24, 2.45) is 5.92 Å². The third-order valence-electron chi connectivity index (χ3n) is 13.2. The van der Waals surface area contributed by atoms with E-state index in [1.54, 1.807) is 12.1 Å². The number of hydrogen-bond donors (Lipinski definition) is 1. The van der Waals surface area contributed by atoms with Crippen molar-refractivity contribution in [1.29, 1.82) is 0 Å². The Kier molecular flexibility index (Phi) is 12.1. The Morgan fingerprint density at radius 2 is 1.37 bits per heavy atom. The molecule has 5 nitrogen and oxygen atoms in total. The third kappa shape index (κ3) is 8.36. The van der Waals surface area contributed by atoms with Crippen molar-refractivity contribution < 1.29 is 4.92 Å². The van der Waals surface area contributed by atoms with Gasteiger partial charge in [0.1, 0.15) is 0 Å². The van der Waals surface area contributed by atoms with E-state index in [2.05, 4.69) is 215 Å². The lowest BCUT2D eigenvalue weighted by Gasteiger charge is -2.34. The van der Waals surface area contributed by atoms with Gasteiger partial charge in [-0.3, -0.25) is 10.1 Å². The fourth-order valence-corrected chi connectivity index (χ4v) is 9.16. The maximum absolute atomic E-state index is 11.7. The summed E-state index contributed by atoms with van der Waals surface area (Å²) < 4.78 is 0. The number of hydrogen-bond acceptors (Lipinski definition) is 4. The summed E-state index contributed by atoms with van der Waals surface area (Å²) in [6.07, 6.45) is 14.1. The second-order valence-corrected chi connectivity index (χ2v) is 17.2. The highest BCUT2D eigenvalue weighted by Crippen LogP contribution is 2.53. The van der Waals surface area contributed by atoms with Crippen LogP contribution in [0.3, 0.4) is 0 Å². The van der Waals surface area contributed by atoms with Crippen LogP contribution in [0.4, 0.5) is 17.1 Å². The average molecular weight is 814 g/mol. The number of nitrogens with zero attached hydrogens (tertiary/aromatic N) is 2. The monoisotopic (exact) mass is 813 g/mol. The first-order valence-corrected chi connectivity index (χ1v) is 21.7. The van der Waals surface area contributed by atoms with Crippen molar-refractivity contribution in [1.82, 2.24) is 0 Å². The molecule has 62 heavy (non-hydrogen) atoms. The molecule has 5 heteroatoms. The van der Waals surface area contributed by atoms with E-state index in [1.807, 2.05) is 12.1 Å². The van der Waals surface area contributed by atoms with Crippen molar-refractivity contribution in [2.45, 2.75) is 65.0 Å². The first-order chi connectivity index (χ1) is 30.1. The molecule has 2 atom stereocenters. The molecule has 1 N–H and O–H groups in total. The minimum Gasteiger partial charge on any atom is -0.381 e. The zero-order chi connectivity index (χ0) is 43.3. The standard InChI is InChI=1S/C57H55N3O2/c1-6-57(5)53(59(40-43-22-11-8-12-23-43)52-38-34-47-25-14-16-29-50(47)55(52)57)30-18-27-44(45-31-35-48(36-32-45)60(61)62)26-17-19-41(2)56(3,4)54-49-28-15-13-24-46(49)33-37-51(54)58-39-42-20-9-7-10-21-42/h7-38,41,58H,6,39-40H2,1-5H3/b19-17+,27-18+,44-26-,53-30+. The van der Waals surface area contributed by atoms with Crippen LogP contribution in [0.5, 0.6) is 0 Å². The predicted molar refractivity (Wildman–Crippen MR) is 262 cm³/mol. The molecule has 0 saturated carbocycles. The molecular formula is C57H55N3O2. The lowest BCUT2D eigenvalue weighted by molar-refractivity contribution is -0.384. The molecule has 1 aliphatic heterocycles. The third-order valence-corrected chi connectivity index (χ3v) is 13.2. The molecule has 2 unspecified atom stereocenters. The zero-order valence-corrected chi connectivity index (χ0v) is 36.4. The van der Waals surface area contributed by atoms with Crippen LogP contribution in [-0.2, 0) is 23.9 Å². The van der Waals surface area contributed by atoms with E-state index in [-0.39, 0.29) is 27.4 Å². The zero-order valence-electron chi connectivity index (χ0n) is 36.4. The molecule has 8 rings (SSSR count). The van der Waals surface area contributed by atoms with Gasteiger partial charge in [0.15, 0.2) is 0 Å². The number of allylic oxidation sites excluding steroid dienone is 8. The quantitative estimate of drug-likeness (QED) is 0.0675. The van der Waals surface area contributed by atoms with Crippen LogP contribution in [0.25, 0.3) is 27.1 Å². The van der Waals surface area contributed by atoms with Crippen molar-refractivity contribution in [3.8, 4) is 0 Å². The SMILES string of the molecule is CCC1(C)\C(=C/C=C/C(=C/C=C/C(C)C(C)(C)c2c(NCc3ccccc3)ccc3ccccc23)c2ccc([N+](=O)[O-])cc2)N(Cc2ccccc2)c2ccc3ccccc3c21. The van der Waals surface area contributed by atoms with Crippen LogP contribution >= 0.6 is 0 Å². The second kappa shape index (κ2) is 17.9. The first kappa shape index (κ1) is 41.7. The molecule has 1 aliphatic rings. The van der Waals surface area contributed by atoms with Gasteiger partial charge in [-0.25, -0.2) is 0 Å². The lowest BCUT2D eigenvalue weighted by atomic mass is 9.71. The molecule has 0 aliphatic carbocycles. The Hall–Kier alpha value is -6.98. The number of benzene rings is 7. The number of nitrogens with one attached hydrogen (secondary N) is 1. The number of non-ortho nitro benzene ring substituents is 1. The molecule has 0 spiro atoms. The summed E-state index contributed by atoms with van der Waals surface area (Å²) in [5.74, 6) is 0.148. The van der Waals surface area contributed by atoms with E-state index < -0.39 is 0 Å². The molecule has 7 aromatic rings. The molecule has 0 saturated heterocycles. The fourth-order valence-electron chi connectivity index (χ4n) is 9.16. The van der Waals surface area contributed by atoms with E-state index in [9.17, 15) is 10.1 Å². The van der Waals surface area contributed by atoms with Gasteiger partial charge >= 0.3 is 0 Å². The average Bonchev–Trinajstić information content (AvgIpc) is 3.54. The van der Waals surface area contributed by atoms with E-state index >= 15 is 0 Å². The van der Waals surface area contributed by atoms with E-state index in [0.717, 1.165) is 36.3 Å². The molecule has 0 fully saturated rings. The highest BCUT2D eigenvalue weighted by Gasteiger charge is 2.43. The number of anilines is 2. The Labute approximate surface area is 366 Å². The van der Waals surface area contributed by atoms with Gasteiger partial charge in [-0.15, -0.1) is 0 Å². The van der Waals surface area contributed by atoms with E-state index in [0.29, 0.717) is 0 Å². The summed E-state index contributed by atoms with van der Waals surface area (Å²) in [5, 5.41) is 20.4. The molecule has 0 bridgehead atoms. The predicted octanol–water partition coefficient (Wildman–Crippen LogP) is 14.9. The Bertz CT molecular complexity index is 2840. The normalized spacial score (nSPS) is 16.8. The fraction of sp³-hybridized carbons (Fsp3) is 0.193. The highest BCUT2D eigenvalue weighted by atomic mass is 16.6. The Morgan fingerprint density at radius 1 is 0.758 bits per heavy atom. The van der Waals surface area contributed by atoms with Crippen LogP contribution in [-0.4, -0.2) is 4.92 Å². The summed E-state index contributed by atoms with van der Waals surface area (Å²) in [5.41, 5.74) is 10.2. The van der Waals surface area contributed by atoms with Crippen LogP contribution in [0, 0.1) is 16.0 Å². The number of rotatable bonds is 14. The highest BCUT2D eigenvalue weighted by molar-refractivity contribution is 5.95. The van der Waals surface area contributed by atoms with Gasteiger partial charge in [-0.2, -0.15) is 0 Å². The Morgan fingerprint density at radius 3 is 2.05 bits per heavy atom. The van der Waals surface area contributed by atoms with Gasteiger partial charge in [0.05, 0.1) is 4.92 Å². The van der Waals surface area contributed by atoms with Crippen molar-refractivity contribution in [2.75, 3.05) is 10.2 Å². The lowest BCUT2D eigenvalue weighted by Crippen LogP contribution is -2.27. The van der Waals surface area contributed by atoms with Gasteiger partial charge in [-0.1, -0.05) is 179 Å². The second-order valence-electron chi connectivity index (χ2n) is 17.2. The summed E-state index contributed by atoms with van der Waals surface area (Å²) >= 11 is 0.